The topological polar surface area (TPSA) is 56.9 Å². The van der Waals surface area contributed by atoms with Gasteiger partial charge in [-0.05, 0) is 36.4 Å². The van der Waals surface area contributed by atoms with Crippen molar-refractivity contribution in [3.05, 3.63) is 90.2 Å². The first kappa shape index (κ1) is 19.7. The maximum atomic E-state index is 13.0. The predicted molar refractivity (Wildman–Crippen MR) is 110 cm³/mol. The molecule has 1 aromatic heterocycles. The van der Waals surface area contributed by atoms with Crippen LogP contribution in [0, 0.1) is 6.92 Å². The summed E-state index contributed by atoms with van der Waals surface area (Å²) in [5, 5.41) is 1.17. The molecular weight excluding hydrogens is 405 g/mol. The fourth-order valence-corrected chi connectivity index (χ4v) is 3.49. The third-order valence-electron chi connectivity index (χ3n) is 4.08. The van der Waals surface area contributed by atoms with E-state index in [1.54, 1.807) is 24.5 Å². The lowest BCUT2D eigenvalue weighted by atomic mass is 10.1. The highest BCUT2D eigenvalue weighted by Crippen LogP contribution is 2.22. The van der Waals surface area contributed by atoms with E-state index in [0.717, 1.165) is 15.7 Å². The molecule has 0 saturated heterocycles. The third kappa shape index (κ3) is 4.46. The summed E-state index contributed by atoms with van der Waals surface area (Å²) in [5.74, 6) is 0. The van der Waals surface area contributed by atoms with E-state index in [9.17, 15) is 9.59 Å². The van der Waals surface area contributed by atoms with Gasteiger partial charge in [0.1, 0.15) is 0 Å². The van der Waals surface area contributed by atoms with Crippen LogP contribution in [0.1, 0.15) is 16.7 Å². The molecule has 0 amide bonds. The molecule has 1 heterocycles. The van der Waals surface area contributed by atoms with Crippen LogP contribution in [0.25, 0.3) is 0 Å². The quantitative estimate of drug-likeness (QED) is 0.587. The first-order valence-corrected chi connectivity index (χ1v) is 10.1. The molecule has 140 valence electrons. The average Bonchev–Trinajstić information content (AvgIpc) is 2.65. The van der Waals surface area contributed by atoms with Crippen LogP contribution >= 0.6 is 35.0 Å². The largest absolute Gasteiger partial charge is 0.354 e. The number of aromatic nitrogens is 3. The van der Waals surface area contributed by atoms with E-state index in [1.807, 2.05) is 31.2 Å². The SMILES string of the molecule is CSc1nc(=O)n(Cc2ccc(Cl)c(Cl)c2)c(=O)n1Cc1ccc(C)cc1. The zero-order valence-corrected chi connectivity index (χ0v) is 17.1. The van der Waals surface area contributed by atoms with Gasteiger partial charge >= 0.3 is 11.4 Å². The van der Waals surface area contributed by atoms with E-state index in [4.69, 9.17) is 23.2 Å². The van der Waals surface area contributed by atoms with Gasteiger partial charge < -0.3 is 0 Å². The van der Waals surface area contributed by atoms with Crippen LogP contribution in [0.3, 0.4) is 0 Å². The molecule has 5 nitrogen and oxygen atoms in total. The molecule has 0 unspecified atom stereocenters. The van der Waals surface area contributed by atoms with Crippen molar-refractivity contribution in [3.8, 4) is 0 Å². The highest BCUT2D eigenvalue weighted by molar-refractivity contribution is 7.98. The standard InChI is InChI=1S/C19H17Cl2N3O2S/c1-12-3-5-13(6-4-12)10-24-18(27-2)22-17(25)23(19(24)26)11-14-7-8-15(20)16(21)9-14/h3-9H,10-11H2,1-2H3. The van der Waals surface area contributed by atoms with Gasteiger partial charge in [-0.15, -0.1) is 0 Å². The predicted octanol–water partition coefficient (Wildman–Crippen LogP) is 3.84. The van der Waals surface area contributed by atoms with Crippen LogP contribution in [0.2, 0.25) is 10.0 Å². The Hall–Kier alpha value is -2.02. The zero-order chi connectivity index (χ0) is 19.6. The first-order chi connectivity index (χ1) is 12.9. The van der Waals surface area contributed by atoms with E-state index in [2.05, 4.69) is 4.98 Å². The van der Waals surface area contributed by atoms with Crippen molar-refractivity contribution < 1.29 is 0 Å². The molecule has 8 heteroatoms. The van der Waals surface area contributed by atoms with Crippen molar-refractivity contribution in [2.75, 3.05) is 6.26 Å². The van der Waals surface area contributed by atoms with Crippen molar-refractivity contribution in [3.63, 3.8) is 0 Å². The zero-order valence-electron chi connectivity index (χ0n) is 14.8. The normalized spacial score (nSPS) is 11.0. The molecule has 0 saturated carbocycles. The minimum Gasteiger partial charge on any atom is -0.268 e. The summed E-state index contributed by atoms with van der Waals surface area (Å²) in [7, 11) is 0. The summed E-state index contributed by atoms with van der Waals surface area (Å²) in [6, 6.07) is 12.9. The van der Waals surface area contributed by atoms with Gasteiger partial charge in [0.05, 0.1) is 23.1 Å². The highest BCUT2D eigenvalue weighted by atomic mass is 35.5. The molecule has 0 radical (unpaired) electrons. The molecule has 2 aromatic carbocycles. The third-order valence-corrected chi connectivity index (χ3v) is 5.50. The molecule has 0 bridgehead atoms. The van der Waals surface area contributed by atoms with Gasteiger partial charge in [0.2, 0.25) is 0 Å². The molecule has 3 aromatic rings. The second kappa shape index (κ2) is 8.33. The summed E-state index contributed by atoms with van der Waals surface area (Å²) in [6.07, 6.45) is 1.79. The number of hydrogen-bond acceptors (Lipinski definition) is 4. The molecule has 0 fully saturated rings. The van der Waals surface area contributed by atoms with Gasteiger partial charge in [0.15, 0.2) is 5.16 Å². The Morgan fingerprint density at radius 2 is 1.56 bits per heavy atom. The number of nitrogens with zero attached hydrogens (tertiary/aromatic N) is 3. The smallest absolute Gasteiger partial charge is 0.268 e. The van der Waals surface area contributed by atoms with Crippen LogP contribution in [0.5, 0.6) is 0 Å². The minimum atomic E-state index is -0.587. The second-order valence-electron chi connectivity index (χ2n) is 6.07. The van der Waals surface area contributed by atoms with Crippen LogP contribution in [0.4, 0.5) is 0 Å². The highest BCUT2D eigenvalue weighted by Gasteiger charge is 2.14. The number of halogens is 2. The van der Waals surface area contributed by atoms with E-state index in [0.29, 0.717) is 27.3 Å². The Labute approximate surface area is 170 Å². The Bertz CT molecular complexity index is 1090. The summed E-state index contributed by atoms with van der Waals surface area (Å²) in [5.41, 5.74) is 1.80. The average molecular weight is 422 g/mol. The maximum Gasteiger partial charge on any atom is 0.354 e. The number of rotatable bonds is 5. The number of aryl methyl sites for hydroxylation is 1. The maximum absolute atomic E-state index is 13.0. The molecule has 0 atom stereocenters. The number of benzene rings is 2. The van der Waals surface area contributed by atoms with Crippen LogP contribution in [0.15, 0.2) is 57.2 Å². The summed E-state index contributed by atoms with van der Waals surface area (Å²) < 4.78 is 2.61. The van der Waals surface area contributed by atoms with Gasteiger partial charge in [0.25, 0.3) is 0 Å². The molecule has 0 aliphatic carbocycles. The fraction of sp³-hybridized carbons (Fsp3) is 0.211. The number of hydrogen-bond donors (Lipinski definition) is 0. The van der Waals surface area contributed by atoms with Crippen molar-refractivity contribution in [2.24, 2.45) is 0 Å². The van der Waals surface area contributed by atoms with Crippen LogP contribution in [-0.2, 0) is 13.1 Å². The fourth-order valence-electron chi connectivity index (χ4n) is 2.63. The molecule has 27 heavy (non-hydrogen) atoms. The second-order valence-corrected chi connectivity index (χ2v) is 7.66. The Balaban J connectivity index is 2.04. The minimum absolute atomic E-state index is 0.0735. The Morgan fingerprint density at radius 1 is 0.926 bits per heavy atom. The lowest BCUT2D eigenvalue weighted by Crippen LogP contribution is -2.42. The van der Waals surface area contributed by atoms with Crippen molar-refractivity contribution in [2.45, 2.75) is 25.2 Å². The van der Waals surface area contributed by atoms with Gasteiger partial charge in [-0.2, -0.15) is 4.98 Å². The van der Waals surface area contributed by atoms with Gasteiger partial charge in [-0.3, -0.25) is 4.57 Å². The number of thioether (sulfide) groups is 1. The Kier molecular flexibility index (Phi) is 6.09. The summed E-state index contributed by atoms with van der Waals surface area (Å²) in [4.78, 5) is 29.5. The van der Waals surface area contributed by atoms with Gasteiger partial charge in [0, 0.05) is 0 Å². The van der Waals surface area contributed by atoms with Gasteiger partial charge in [-0.1, -0.05) is 70.9 Å². The molecule has 0 aliphatic rings. The van der Waals surface area contributed by atoms with Crippen LogP contribution in [-0.4, -0.2) is 20.4 Å². The molecule has 3 rings (SSSR count). The first-order valence-electron chi connectivity index (χ1n) is 8.14. The summed E-state index contributed by atoms with van der Waals surface area (Å²) >= 11 is 13.2. The van der Waals surface area contributed by atoms with E-state index < -0.39 is 11.4 Å². The van der Waals surface area contributed by atoms with E-state index in [1.165, 1.54) is 16.3 Å². The van der Waals surface area contributed by atoms with Crippen molar-refractivity contribution in [1.82, 2.24) is 14.1 Å². The monoisotopic (exact) mass is 421 g/mol. The lowest BCUT2D eigenvalue weighted by molar-refractivity contribution is 0.527. The van der Waals surface area contributed by atoms with E-state index in [-0.39, 0.29) is 6.54 Å². The van der Waals surface area contributed by atoms with Crippen molar-refractivity contribution in [1.29, 1.82) is 0 Å². The molecule has 0 aliphatic heterocycles. The Morgan fingerprint density at radius 3 is 2.19 bits per heavy atom. The van der Waals surface area contributed by atoms with Gasteiger partial charge in [-0.25, -0.2) is 14.2 Å². The molecule has 0 spiro atoms. The van der Waals surface area contributed by atoms with Crippen LogP contribution < -0.4 is 11.4 Å². The lowest BCUT2D eigenvalue weighted by Gasteiger charge is -2.13. The molecule has 0 N–H and O–H groups in total. The van der Waals surface area contributed by atoms with E-state index >= 15 is 0 Å². The van der Waals surface area contributed by atoms with Crippen molar-refractivity contribution >= 4 is 35.0 Å². The molecular formula is C19H17Cl2N3O2S. The summed E-state index contributed by atoms with van der Waals surface area (Å²) in [6.45, 7) is 2.41.